The molecule has 90 valence electrons. The fourth-order valence-electron chi connectivity index (χ4n) is 2.23. The van der Waals surface area contributed by atoms with Gasteiger partial charge in [0.2, 0.25) is 0 Å². The molecule has 2 nitrogen and oxygen atoms in total. The van der Waals surface area contributed by atoms with Gasteiger partial charge in [-0.05, 0) is 31.0 Å². The lowest BCUT2D eigenvalue weighted by Gasteiger charge is -2.21. The second-order valence-corrected chi connectivity index (χ2v) is 4.40. The van der Waals surface area contributed by atoms with Crippen LogP contribution >= 0.6 is 0 Å². The zero-order valence-electron chi connectivity index (χ0n) is 10.4. The lowest BCUT2D eigenvalue weighted by molar-refractivity contribution is 0.405. The van der Waals surface area contributed by atoms with Gasteiger partial charge in [-0.15, -0.1) is 0 Å². The van der Waals surface area contributed by atoms with Gasteiger partial charge in [-0.2, -0.15) is 0 Å². The van der Waals surface area contributed by atoms with Crippen molar-refractivity contribution in [3.05, 3.63) is 59.5 Å². The summed E-state index contributed by atoms with van der Waals surface area (Å²) in [6.07, 6.45) is 1.00. The Kier molecular flexibility index (Phi) is 3.64. The molecule has 2 heteroatoms. The average molecular weight is 229 g/mol. The molecule has 0 fully saturated rings. The molecule has 0 bridgehead atoms. The molecule has 2 atom stereocenters. The average Bonchev–Trinajstić information content (AvgIpc) is 2.78. The van der Waals surface area contributed by atoms with Gasteiger partial charge >= 0.3 is 0 Å². The Hall–Kier alpha value is -1.54. The van der Waals surface area contributed by atoms with Crippen molar-refractivity contribution < 1.29 is 4.42 Å². The van der Waals surface area contributed by atoms with E-state index < -0.39 is 0 Å². The summed E-state index contributed by atoms with van der Waals surface area (Å²) in [5.41, 5.74) is 7.58. The highest BCUT2D eigenvalue weighted by Gasteiger charge is 2.21. The van der Waals surface area contributed by atoms with Crippen LogP contribution in [0, 0.1) is 6.92 Å². The van der Waals surface area contributed by atoms with Crippen molar-refractivity contribution in [2.45, 2.75) is 32.2 Å². The maximum absolute atomic E-state index is 6.30. The third-order valence-electron chi connectivity index (χ3n) is 3.19. The van der Waals surface area contributed by atoms with Crippen molar-refractivity contribution in [3.8, 4) is 0 Å². The Labute approximate surface area is 102 Å². The van der Waals surface area contributed by atoms with Crippen LogP contribution in [0.25, 0.3) is 0 Å². The molecule has 1 heterocycles. The zero-order valence-corrected chi connectivity index (χ0v) is 10.4. The first-order valence-corrected chi connectivity index (χ1v) is 6.09. The molecule has 0 radical (unpaired) electrons. The summed E-state index contributed by atoms with van der Waals surface area (Å²) in [6.45, 7) is 4.10. The molecule has 0 aliphatic rings. The number of nitrogens with two attached hydrogens (primary N) is 1. The summed E-state index contributed by atoms with van der Waals surface area (Å²) in [7, 11) is 0. The van der Waals surface area contributed by atoms with Gasteiger partial charge in [-0.3, -0.25) is 0 Å². The van der Waals surface area contributed by atoms with Crippen molar-refractivity contribution >= 4 is 0 Å². The van der Waals surface area contributed by atoms with Crippen LogP contribution in [-0.2, 0) is 0 Å². The van der Waals surface area contributed by atoms with Crippen molar-refractivity contribution in [3.63, 3.8) is 0 Å². The number of benzene rings is 1. The fourth-order valence-corrected chi connectivity index (χ4v) is 2.23. The minimum Gasteiger partial charge on any atom is -0.465 e. The van der Waals surface area contributed by atoms with Crippen molar-refractivity contribution in [2.75, 3.05) is 0 Å². The van der Waals surface area contributed by atoms with E-state index in [1.807, 2.05) is 25.1 Å². The molecule has 2 rings (SSSR count). The molecule has 0 amide bonds. The molecule has 1 aromatic carbocycles. The highest BCUT2D eigenvalue weighted by Crippen LogP contribution is 2.32. The van der Waals surface area contributed by atoms with E-state index in [0.29, 0.717) is 5.92 Å². The smallest absolute Gasteiger partial charge is 0.121 e. The van der Waals surface area contributed by atoms with E-state index in [0.717, 1.165) is 17.9 Å². The number of aryl methyl sites for hydroxylation is 1. The third kappa shape index (κ3) is 2.59. The third-order valence-corrected chi connectivity index (χ3v) is 3.19. The van der Waals surface area contributed by atoms with E-state index in [4.69, 9.17) is 10.2 Å². The predicted molar refractivity (Wildman–Crippen MR) is 69.8 cm³/mol. The summed E-state index contributed by atoms with van der Waals surface area (Å²) in [4.78, 5) is 0. The monoisotopic (exact) mass is 229 g/mol. The Morgan fingerprint density at radius 3 is 2.35 bits per heavy atom. The maximum atomic E-state index is 6.30. The topological polar surface area (TPSA) is 39.2 Å². The SMILES string of the molecule is CCC(c1ccccc1)C(N)c1ccc(C)o1. The van der Waals surface area contributed by atoms with Gasteiger partial charge in [0, 0.05) is 5.92 Å². The standard InChI is InChI=1S/C15H19NO/c1-3-13(12-7-5-4-6-8-12)15(16)14-10-9-11(2)17-14/h4-10,13,15H,3,16H2,1-2H3. The molecule has 0 saturated carbocycles. The highest BCUT2D eigenvalue weighted by atomic mass is 16.3. The van der Waals surface area contributed by atoms with Gasteiger partial charge in [0.1, 0.15) is 11.5 Å². The Balaban J connectivity index is 2.25. The maximum Gasteiger partial charge on any atom is 0.121 e. The second-order valence-electron chi connectivity index (χ2n) is 4.40. The molecular weight excluding hydrogens is 210 g/mol. The summed E-state index contributed by atoms with van der Waals surface area (Å²) in [5.74, 6) is 2.10. The van der Waals surface area contributed by atoms with Gasteiger partial charge < -0.3 is 10.2 Å². The van der Waals surface area contributed by atoms with Gasteiger partial charge in [0.05, 0.1) is 6.04 Å². The first-order chi connectivity index (χ1) is 8.22. The minimum atomic E-state index is -0.0731. The van der Waals surface area contributed by atoms with E-state index in [1.165, 1.54) is 5.56 Å². The molecule has 0 spiro atoms. The van der Waals surface area contributed by atoms with Crippen molar-refractivity contribution in [1.82, 2.24) is 0 Å². The van der Waals surface area contributed by atoms with E-state index in [-0.39, 0.29) is 6.04 Å². The first kappa shape index (κ1) is 11.9. The molecule has 2 aromatic rings. The summed E-state index contributed by atoms with van der Waals surface area (Å²) >= 11 is 0. The summed E-state index contributed by atoms with van der Waals surface area (Å²) in [6, 6.07) is 14.3. The fraction of sp³-hybridized carbons (Fsp3) is 0.333. The molecule has 1 aromatic heterocycles. The van der Waals surface area contributed by atoms with Gasteiger partial charge in [-0.1, -0.05) is 37.3 Å². The van der Waals surface area contributed by atoms with Crippen LogP contribution in [0.5, 0.6) is 0 Å². The first-order valence-electron chi connectivity index (χ1n) is 6.09. The van der Waals surface area contributed by atoms with E-state index >= 15 is 0 Å². The molecule has 0 aliphatic heterocycles. The normalized spacial score (nSPS) is 14.5. The van der Waals surface area contributed by atoms with Crippen LogP contribution in [0.4, 0.5) is 0 Å². The molecule has 0 saturated heterocycles. The number of hydrogen-bond donors (Lipinski definition) is 1. The number of rotatable bonds is 4. The summed E-state index contributed by atoms with van der Waals surface area (Å²) < 4.78 is 5.62. The second kappa shape index (κ2) is 5.19. The molecule has 2 N–H and O–H groups in total. The van der Waals surface area contributed by atoms with E-state index in [1.54, 1.807) is 0 Å². The quantitative estimate of drug-likeness (QED) is 0.866. The molecule has 17 heavy (non-hydrogen) atoms. The highest BCUT2D eigenvalue weighted by molar-refractivity contribution is 5.24. The van der Waals surface area contributed by atoms with Crippen LogP contribution in [0.3, 0.4) is 0 Å². The zero-order chi connectivity index (χ0) is 12.3. The Morgan fingerprint density at radius 1 is 1.12 bits per heavy atom. The number of furan rings is 1. The van der Waals surface area contributed by atoms with Crippen LogP contribution in [0.15, 0.2) is 46.9 Å². The Morgan fingerprint density at radius 2 is 1.82 bits per heavy atom. The van der Waals surface area contributed by atoms with Crippen LogP contribution < -0.4 is 5.73 Å². The van der Waals surface area contributed by atoms with Gasteiger partial charge in [0.15, 0.2) is 0 Å². The van der Waals surface area contributed by atoms with E-state index in [2.05, 4.69) is 31.2 Å². The van der Waals surface area contributed by atoms with Gasteiger partial charge in [-0.25, -0.2) is 0 Å². The molecule has 2 unspecified atom stereocenters. The van der Waals surface area contributed by atoms with Gasteiger partial charge in [0.25, 0.3) is 0 Å². The Bertz CT molecular complexity index is 461. The van der Waals surface area contributed by atoms with Crippen LogP contribution in [0.2, 0.25) is 0 Å². The largest absolute Gasteiger partial charge is 0.465 e. The lowest BCUT2D eigenvalue weighted by atomic mass is 9.88. The predicted octanol–water partition coefficient (Wildman–Crippen LogP) is 3.78. The van der Waals surface area contributed by atoms with E-state index in [9.17, 15) is 0 Å². The molecular formula is C15H19NO. The lowest BCUT2D eigenvalue weighted by Crippen LogP contribution is -2.18. The minimum absolute atomic E-state index is 0.0731. The summed E-state index contributed by atoms with van der Waals surface area (Å²) in [5, 5.41) is 0. The van der Waals surface area contributed by atoms with Crippen molar-refractivity contribution in [1.29, 1.82) is 0 Å². The molecule has 0 aliphatic carbocycles. The van der Waals surface area contributed by atoms with Crippen LogP contribution in [-0.4, -0.2) is 0 Å². The number of hydrogen-bond acceptors (Lipinski definition) is 2. The van der Waals surface area contributed by atoms with Crippen LogP contribution in [0.1, 0.15) is 42.4 Å². The van der Waals surface area contributed by atoms with Crippen molar-refractivity contribution in [2.24, 2.45) is 5.73 Å².